The van der Waals surface area contributed by atoms with Gasteiger partial charge in [-0.15, -0.1) is 0 Å². The average Bonchev–Trinajstić information content (AvgIpc) is 2.19. The maximum atomic E-state index is 6.29. The van der Waals surface area contributed by atoms with Gasteiger partial charge in [-0.1, -0.05) is 25.4 Å². The Balaban J connectivity index is 2.82. The summed E-state index contributed by atoms with van der Waals surface area (Å²) < 4.78 is 1.01. The fourth-order valence-corrected chi connectivity index (χ4v) is 2.61. The van der Waals surface area contributed by atoms with Crippen molar-refractivity contribution in [2.24, 2.45) is 0 Å². The molecule has 0 aliphatic rings. The lowest BCUT2D eigenvalue weighted by atomic mass is 10.1. The molecule has 0 aliphatic heterocycles. The lowest BCUT2D eigenvalue weighted by Gasteiger charge is -2.10. The molecule has 0 saturated carbocycles. The van der Waals surface area contributed by atoms with Crippen LogP contribution in [0.3, 0.4) is 0 Å². The molecule has 84 valence electrons. The van der Waals surface area contributed by atoms with E-state index >= 15 is 0 Å². The van der Waals surface area contributed by atoms with Gasteiger partial charge in [0.25, 0.3) is 0 Å². The number of aromatic nitrogens is 1. The Morgan fingerprint density at radius 2 is 1.94 bits per heavy atom. The number of fused-ring (bicyclic) bond motifs is 1. The molecular formula is C13H13BrClN. The van der Waals surface area contributed by atoms with Crippen LogP contribution in [-0.2, 0) is 0 Å². The normalized spacial score (nSPS) is 11.4. The van der Waals surface area contributed by atoms with Crippen LogP contribution < -0.4 is 0 Å². The van der Waals surface area contributed by atoms with Crippen LogP contribution in [0.5, 0.6) is 0 Å². The monoisotopic (exact) mass is 297 g/mol. The topological polar surface area (TPSA) is 12.9 Å². The molecular weight excluding hydrogens is 286 g/mol. The molecule has 0 saturated heterocycles. The van der Waals surface area contributed by atoms with E-state index in [0.29, 0.717) is 5.92 Å². The SMILES string of the molecule is Cc1cc(Br)c2nc(C(C)C)cc(Cl)c2c1. The highest BCUT2D eigenvalue weighted by Crippen LogP contribution is 2.31. The third kappa shape index (κ3) is 2.09. The molecule has 0 N–H and O–H groups in total. The second-order valence-electron chi connectivity index (χ2n) is 4.33. The van der Waals surface area contributed by atoms with Crippen LogP contribution in [-0.4, -0.2) is 4.98 Å². The molecule has 0 bridgehead atoms. The molecule has 16 heavy (non-hydrogen) atoms. The van der Waals surface area contributed by atoms with Crippen molar-refractivity contribution >= 4 is 38.4 Å². The summed E-state index contributed by atoms with van der Waals surface area (Å²) in [5.74, 6) is 0.384. The molecule has 2 rings (SSSR count). The first kappa shape index (κ1) is 11.9. The lowest BCUT2D eigenvalue weighted by molar-refractivity contribution is 0.830. The molecule has 0 amide bonds. The zero-order valence-electron chi connectivity index (χ0n) is 9.51. The van der Waals surface area contributed by atoms with Gasteiger partial charge < -0.3 is 0 Å². The smallest absolute Gasteiger partial charge is 0.0862 e. The standard InChI is InChI=1S/C13H13BrClN/c1-7(2)12-6-11(15)9-4-8(3)5-10(14)13(9)16-12/h4-7H,1-3H3. The van der Waals surface area contributed by atoms with Crippen LogP contribution in [0, 0.1) is 6.92 Å². The maximum absolute atomic E-state index is 6.29. The predicted octanol–water partition coefficient (Wildman–Crippen LogP) is 5.08. The van der Waals surface area contributed by atoms with E-state index in [1.54, 1.807) is 0 Å². The minimum absolute atomic E-state index is 0.384. The highest BCUT2D eigenvalue weighted by molar-refractivity contribution is 9.10. The summed E-state index contributed by atoms with van der Waals surface area (Å²) in [5.41, 5.74) is 3.16. The van der Waals surface area contributed by atoms with Gasteiger partial charge in [-0.25, -0.2) is 0 Å². The van der Waals surface area contributed by atoms with E-state index < -0.39 is 0 Å². The van der Waals surface area contributed by atoms with Crippen LogP contribution >= 0.6 is 27.5 Å². The second kappa shape index (κ2) is 4.34. The number of halogens is 2. The first-order valence-corrected chi connectivity index (χ1v) is 6.42. The Kier molecular flexibility index (Phi) is 3.22. The number of benzene rings is 1. The van der Waals surface area contributed by atoms with Gasteiger partial charge in [-0.05, 0) is 52.5 Å². The van der Waals surface area contributed by atoms with Crippen molar-refractivity contribution in [1.82, 2.24) is 4.98 Å². The van der Waals surface area contributed by atoms with E-state index in [1.165, 1.54) is 5.56 Å². The Labute approximate surface area is 109 Å². The highest BCUT2D eigenvalue weighted by atomic mass is 79.9. The Hall–Kier alpha value is -0.600. The van der Waals surface area contributed by atoms with E-state index in [-0.39, 0.29) is 0 Å². The molecule has 1 heterocycles. The van der Waals surface area contributed by atoms with Crippen molar-refractivity contribution in [1.29, 1.82) is 0 Å². The van der Waals surface area contributed by atoms with Gasteiger partial charge in [0.15, 0.2) is 0 Å². The van der Waals surface area contributed by atoms with E-state index in [0.717, 1.165) is 26.1 Å². The molecule has 0 radical (unpaired) electrons. The van der Waals surface area contributed by atoms with E-state index in [9.17, 15) is 0 Å². The number of hydrogen-bond donors (Lipinski definition) is 0. The number of nitrogens with zero attached hydrogens (tertiary/aromatic N) is 1. The van der Waals surface area contributed by atoms with Crippen LogP contribution in [0.25, 0.3) is 10.9 Å². The Morgan fingerprint density at radius 1 is 1.25 bits per heavy atom. The summed E-state index contributed by atoms with van der Waals surface area (Å²) in [5, 5.41) is 1.79. The molecule has 1 nitrogen and oxygen atoms in total. The highest BCUT2D eigenvalue weighted by Gasteiger charge is 2.10. The third-order valence-corrected chi connectivity index (χ3v) is 3.49. The minimum Gasteiger partial charge on any atom is -0.251 e. The van der Waals surface area contributed by atoms with Crippen molar-refractivity contribution in [3.63, 3.8) is 0 Å². The molecule has 0 spiro atoms. The van der Waals surface area contributed by atoms with Gasteiger partial charge in [-0.2, -0.15) is 0 Å². The maximum Gasteiger partial charge on any atom is 0.0862 e. The van der Waals surface area contributed by atoms with Gasteiger partial charge in [0.2, 0.25) is 0 Å². The summed E-state index contributed by atoms with van der Waals surface area (Å²) >= 11 is 9.83. The first-order valence-electron chi connectivity index (χ1n) is 5.25. The third-order valence-electron chi connectivity index (χ3n) is 2.57. The summed E-state index contributed by atoms with van der Waals surface area (Å²) in [4.78, 5) is 4.64. The number of aryl methyl sites for hydroxylation is 1. The fourth-order valence-electron chi connectivity index (χ4n) is 1.70. The number of rotatable bonds is 1. The number of hydrogen-bond acceptors (Lipinski definition) is 1. The molecule has 1 aromatic carbocycles. The number of pyridine rings is 1. The van der Waals surface area contributed by atoms with Crippen LogP contribution in [0.4, 0.5) is 0 Å². The van der Waals surface area contributed by atoms with E-state index in [2.05, 4.69) is 53.8 Å². The van der Waals surface area contributed by atoms with Gasteiger partial charge in [-0.3, -0.25) is 4.98 Å². The van der Waals surface area contributed by atoms with Crippen molar-refractivity contribution in [2.45, 2.75) is 26.7 Å². The van der Waals surface area contributed by atoms with Gasteiger partial charge in [0.1, 0.15) is 0 Å². The van der Waals surface area contributed by atoms with Crippen molar-refractivity contribution in [2.75, 3.05) is 0 Å². The molecule has 0 atom stereocenters. The van der Waals surface area contributed by atoms with Gasteiger partial charge in [0.05, 0.1) is 10.5 Å². The molecule has 0 unspecified atom stereocenters. The van der Waals surface area contributed by atoms with Gasteiger partial charge >= 0.3 is 0 Å². The second-order valence-corrected chi connectivity index (χ2v) is 5.59. The van der Waals surface area contributed by atoms with E-state index in [1.807, 2.05) is 6.07 Å². The zero-order valence-corrected chi connectivity index (χ0v) is 11.9. The largest absolute Gasteiger partial charge is 0.251 e. The summed E-state index contributed by atoms with van der Waals surface area (Å²) in [6, 6.07) is 6.09. The summed E-state index contributed by atoms with van der Waals surface area (Å²) in [7, 11) is 0. The Morgan fingerprint density at radius 3 is 2.56 bits per heavy atom. The molecule has 0 fully saturated rings. The average molecular weight is 299 g/mol. The quantitative estimate of drug-likeness (QED) is 0.715. The van der Waals surface area contributed by atoms with Crippen molar-refractivity contribution in [3.05, 3.63) is 39.0 Å². The first-order chi connectivity index (χ1) is 7.49. The van der Waals surface area contributed by atoms with Crippen LogP contribution in [0.15, 0.2) is 22.7 Å². The Bertz CT molecular complexity index is 549. The lowest BCUT2D eigenvalue weighted by Crippen LogP contribution is -1.94. The van der Waals surface area contributed by atoms with Crippen molar-refractivity contribution < 1.29 is 0 Å². The van der Waals surface area contributed by atoms with Gasteiger partial charge in [0, 0.05) is 15.6 Å². The van der Waals surface area contributed by atoms with Crippen LogP contribution in [0.1, 0.15) is 31.0 Å². The van der Waals surface area contributed by atoms with Crippen LogP contribution in [0.2, 0.25) is 5.02 Å². The zero-order chi connectivity index (χ0) is 11.9. The molecule has 1 aromatic heterocycles. The molecule has 2 aromatic rings. The minimum atomic E-state index is 0.384. The predicted molar refractivity (Wildman–Crippen MR) is 73.3 cm³/mol. The summed E-state index contributed by atoms with van der Waals surface area (Å²) in [6.07, 6.45) is 0. The summed E-state index contributed by atoms with van der Waals surface area (Å²) in [6.45, 7) is 6.29. The van der Waals surface area contributed by atoms with Crippen molar-refractivity contribution in [3.8, 4) is 0 Å². The fraction of sp³-hybridized carbons (Fsp3) is 0.308. The molecule has 3 heteroatoms. The molecule has 0 aliphatic carbocycles. The van der Waals surface area contributed by atoms with E-state index in [4.69, 9.17) is 11.6 Å².